The third kappa shape index (κ3) is 12.5. The molecule has 1 heterocycles. The fourth-order valence-corrected chi connectivity index (χ4v) is 4.72. The molecule has 0 aromatic carbocycles. The Morgan fingerprint density at radius 3 is 1.61 bits per heavy atom. The number of unbranched alkanes of at least 4 members (excludes halogenated alkanes) is 15. The van der Waals surface area contributed by atoms with Crippen LogP contribution in [-0.4, -0.2) is 22.8 Å². The van der Waals surface area contributed by atoms with E-state index in [1.165, 1.54) is 102 Å². The van der Waals surface area contributed by atoms with Crippen molar-refractivity contribution in [2.45, 2.75) is 155 Å². The van der Waals surface area contributed by atoms with E-state index in [-0.39, 0.29) is 17.9 Å². The number of carbonyl (C=O) groups excluding carboxylic acids is 2. The molecule has 1 rings (SSSR count). The van der Waals surface area contributed by atoms with Crippen LogP contribution in [0.4, 0.5) is 0 Å². The van der Waals surface area contributed by atoms with Gasteiger partial charge in [0.2, 0.25) is 11.8 Å². The van der Waals surface area contributed by atoms with Gasteiger partial charge in [0.1, 0.15) is 0 Å². The Hall–Kier alpha value is -1.12. The first-order valence-electron chi connectivity index (χ1n) is 13.6. The van der Waals surface area contributed by atoms with E-state index >= 15 is 0 Å². The minimum absolute atomic E-state index is 0.00297. The summed E-state index contributed by atoms with van der Waals surface area (Å²) in [5.74, 6) is 0.0698. The summed E-state index contributed by atoms with van der Waals surface area (Å²) >= 11 is 0. The number of amides is 2. The van der Waals surface area contributed by atoms with Crippen molar-refractivity contribution in [2.24, 2.45) is 0 Å². The predicted molar refractivity (Wildman–Crippen MR) is 133 cm³/mol. The molecule has 0 radical (unpaired) electrons. The first kappa shape index (κ1) is 27.9. The summed E-state index contributed by atoms with van der Waals surface area (Å²) in [6.45, 7) is 6.63. The predicted octanol–water partition coefficient (Wildman–Crippen LogP) is 8.51. The van der Waals surface area contributed by atoms with Gasteiger partial charge in [-0.05, 0) is 26.2 Å². The zero-order valence-electron chi connectivity index (χ0n) is 21.1. The first-order valence-corrected chi connectivity index (χ1v) is 13.6. The minimum Gasteiger partial charge on any atom is -0.275 e. The fraction of sp³-hybridized carbons (Fsp3) is 0.857. The van der Waals surface area contributed by atoms with Crippen LogP contribution in [0.3, 0.4) is 0 Å². The van der Waals surface area contributed by atoms with Crippen molar-refractivity contribution in [1.29, 1.82) is 0 Å². The van der Waals surface area contributed by atoms with E-state index in [0.717, 1.165) is 19.3 Å². The van der Waals surface area contributed by atoms with E-state index in [1.54, 1.807) is 4.90 Å². The Morgan fingerprint density at radius 2 is 1.13 bits per heavy atom. The van der Waals surface area contributed by atoms with Gasteiger partial charge in [-0.2, -0.15) is 0 Å². The number of hydrogen-bond donors (Lipinski definition) is 0. The van der Waals surface area contributed by atoms with Gasteiger partial charge in [-0.25, -0.2) is 0 Å². The zero-order valence-corrected chi connectivity index (χ0v) is 21.1. The Labute approximate surface area is 193 Å². The number of carbonyl (C=O) groups is 2. The highest BCUT2D eigenvalue weighted by atomic mass is 16.2. The van der Waals surface area contributed by atoms with E-state index in [1.807, 2.05) is 0 Å². The highest BCUT2D eigenvalue weighted by molar-refractivity contribution is 6.02. The molecule has 0 aromatic heterocycles. The Morgan fingerprint density at radius 1 is 0.710 bits per heavy atom. The number of rotatable bonds is 20. The Bertz CT molecular complexity index is 495. The summed E-state index contributed by atoms with van der Waals surface area (Å²) < 4.78 is 0. The molecule has 0 spiro atoms. The molecule has 180 valence electrons. The molecule has 3 nitrogen and oxygen atoms in total. The largest absolute Gasteiger partial charge is 0.275 e. The molecule has 1 aliphatic heterocycles. The molecule has 0 bridgehead atoms. The molecule has 0 saturated carbocycles. The molecule has 1 saturated heterocycles. The normalized spacial score (nSPS) is 15.8. The summed E-state index contributed by atoms with van der Waals surface area (Å²) in [6, 6.07) is -0.00297. The van der Waals surface area contributed by atoms with Gasteiger partial charge in [-0.3, -0.25) is 14.5 Å². The van der Waals surface area contributed by atoms with Gasteiger partial charge in [0.05, 0.1) is 6.04 Å². The number of hydrogen-bond acceptors (Lipinski definition) is 2. The van der Waals surface area contributed by atoms with Crippen LogP contribution < -0.4 is 0 Å². The van der Waals surface area contributed by atoms with Crippen LogP contribution in [0.1, 0.15) is 149 Å². The maximum absolute atomic E-state index is 12.3. The van der Waals surface area contributed by atoms with Crippen LogP contribution in [0.5, 0.6) is 0 Å². The number of allylic oxidation sites excluding steroid dienone is 1. The second-order valence-corrected chi connectivity index (χ2v) is 9.65. The lowest BCUT2D eigenvalue weighted by atomic mass is 9.97. The van der Waals surface area contributed by atoms with Crippen molar-refractivity contribution in [2.75, 3.05) is 0 Å². The summed E-state index contributed by atoms with van der Waals surface area (Å²) in [4.78, 5) is 26.3. The van der Waals surface area contributed by atoms with E-state index in [9.17, 15) is 9.59 Å². The van der Waals surface area contributed by atoms with Crippen LogP contribution in [0.2, 0.25) is 0 Å². The van der Waals surface area contributed by atoms with Crippen LogP contribution in [0.15, 0.2) is 11.6 Å². The maximum atomic E-state index is 12.3. The Kier molecular flexibility index (Phi) is 16.6. The van der Waals surface area contributed by atoms with E-state index in [2.05, 4.69) is 26.8 Å². The third-order valence-corrected chi connectivity index (χ3v) is 6.78. The van der Waals surface area contributed by atoms with Gasteiger partial charge < -0.3 is 0 Å². The Balaban J connectivity index is 2.29. The monoisotopic (exact) mass is 433 g/mol. The lowest BCUT2D eigenvalue weighted by molar-refractivity contribution is -0.140. The number of nitrogens with zero attached hydrogens (tertiary/aromatic N) is 1. The van der Waals surface area contributed by atoms with Gasteiger partial charge in [0, 0.05) is 12.8 Å². The first-order chi connectivity index (χ1) is 15.1. The lowest BCUT2D eigenvalue weighted by Gasteiger charge is -2.27. The molecule has 1 fully saturated rings. The molecular formula is C28H51NO2. The average Bonchev–Trinajstić information content (AvgIpc) is 3.09. The van der Waals surface area contributed by atoms with Crippen LogP contribution in [0.25, 0.3) is 0 Å². The van der Waals surface area contributed by atoms with E-state index in [0.29, 0.717) is 12.8 Å². The van der Waals surface area contributed by atoms with Gasteiger partial charge in [0.25, 0.3) is 0 Å². The quantitative estimate of drug-likeness (QED) is 0.110. The van der Waals surface area contributed by atoms with Crippen molar-refractivity contribution in [3.63, 3.8) is 0 Å². The van der Waals surface area contributed by atoms with Gasteiger partial charge in [-0.15, -0.1) is 0 Å². The van der Waals surface area contributed by atoms with Crippen LogP contribution >= 0.6 is 0 Å². The standard InChI is InChI=1S/C28H51NO2/c1-4-6-8-10-11-12-13-14-15-16-18-20-22-26(29-27(30)23-24-28(29)31)25(3)21-19-17-9-7-5-2/h21,26H,4-20,22-24H2,1-3H3/b25-21+. The van der Waals surface area contributed by atoms with Crippen molar-refractivity contribution < 1.29 is 9.59 Å². The van der Waals surface area contributed by atoms with Gasteiger partial charge in [0.15, 0.2) is 0 Å². The highest BCUT2D eigenvalue weighted by Crippen LogP contribution is 2.25. The zero-order chi connectivity index (χ0) is 22.7. The summed E-state index contributed by atoms with van der Waals surface area (Å²) in [5, 5.41) is 0. The van der Waals surface area contributed by atoms with Crippen LogP contribution in [0, 0.1) is 0 Å². The minimum atomic E-state index is -0.00297. The molecular weight excluding hydrogens is 382 g/mol. The lowest BCUT2D eigenvalue weighted by Crippen LogP contribution is -2.40. The molecule has 1 unspecified atom stereocenters. The molecule has 1 atom stereocenters. The summed E-state index contributed by atoms with van der Waals surface area (Å²) in [6.07, 6.45) is 26.1. The summed E-state index contributed by atoms with van der Waals surface area (Å²) in [5.41, 5.74) is 1.23. The van der Waals surface area contributed by atoms with Crippen molar-refractivity contribution in [1.82, 2.24) is 4.90 Å². The molecule has 2 amide bonds. The molecule has 0 aliphatic carbocycles. The second-order valence-electron chi connectivity index (χ2n) is 9.65. The number of likely N-dealkylation sites (tertiary alicyclic amines) is 1. The molecule has 3 heteroatoms. The SMILES string of the molecule is CCCCCC/C=C(\C)C(CCCCCCCCCCCCCC)N1C(=O)CCC1=O. The van der Waals surface area contributed by atoms with Gasteiger partial charge in [-0.1, -0.05) is 122 Å². The topological polar surface area (TPSA) is 37.4 Å². The smallest absolute Gasteiger partial charge is 0.230 e. The van der Waals surface area contributed by atoms with Crippen molar-refractivity contribution in [3.05, 3.63) is 11.6 Å². The molecule has 0 aromatic rings. The summed E-state index contributed by atoms with van der Waals surface area (Å²) in [7, 11) is 0. The van der Waals surface area contributed by atoms with E-state index in [4.69, 9.17) is 0 Å². The fourth-order valence-electron chi connectivity index (χ4n) is 4.72. The average molecular weight is 434 g/mol. The van der Waals surface area contributed by atoms with Crippen molar-refractivity contribution in [3.8, 4) is 0 Å². The molecule has 0 N–H and O–H groups in total. The van der Waals surface area contributed by atoms with Crippen molar-refractivity contribution >= 4 is 11.8 Å². The molecule has 31 heavy (non-hydrogen) atoms. The molecule has 1 aliphatic rings. The highest BCUT2D eigenvalue weighted by Gasteiger charge is 2.35. The third-order valence-electron chi connectivity index (χ3n) is 6.78. The second kappa shape index (κ2) is 18.5. The maximum Gasteiger partial charge on any atom is 0.230 e. The van der Waals surface area contributed by atoms with E-state index < -0.39 is 0 Å². The van der Waals surface area contributed by atoms with Crippen LogP contribution in [-0.2, 0) is 9.59 Å². The van der Waals surface area contributed by atoms with Gasteiger partial charge >= 0.3 is 0 Å². The number of imide groups is 1.